The van der Waals surface area contributed by atoms with Gasteiger partial charge in [-0.25, -0.2) is 8.42 Å². The summed E-state index contributed by atoms with van der Waals surface area (Å²) in [5, 5.41) is 0.894. The topological polar surface area (TPSA) is 79.5 Å². The molecule has 0 unspecified atom stereocenters. The molecule has 0 amide bonds. The fraction of sp³-hybridized carbons (Fsp3) is 0.375. The number of nitrogens with zero attached hydrogens (tertiary/aromatic N) is 1. The molecule has 164 valence electrons. The number of ether oxygens (including phenoxy) is 1. The van der Waals surface area contributed by atoms with Crippen molar-refractivity contribution < 1.29 is 13.2 Å². The first kappa shape index (κ1) is 21.6. The molecule has 3 aromatic rings. The molecule has 6 nitrogen and oxygen atoms in total. The van der Waals surface area contributed by atoms with Crippen LogP contribution < -0.4 is 10.3 Å². The smallest absolute Gasteiger partial charge is 0.252 e. The minimum absolute atomic E-state index is 0.0537. The molecule has 1 saturated carbocycles. The van der Waals surface area contributed by atoms with Crippen molar-refractivity contribution >= 4 is 20.9 Å². The van der Waals surface area contributed by atoms with E-state index in [1.54, 1.807) is 31.4 Å². The van der Waals surface area contributed by atoms with Crippen LogP contribution in [0, 0.1) is 6.92 Å². The Morgan fingerprint density at radius 3 is 2.42 bits per heavy atom. The van der Waals surface area contributed by atoms with Crippen LogP contribution in [0.5, 0.6) is 5.75 Å². The molecule has 1 N–H and O–H groups in total. The molecule has 1 aliphatic rings. The summed E-state index contributed by atoms with van der Waals surface area (Å²) in [6.45, 7) is 2.02. The van der Waals surface area contributed by atoms with Crippen LogP contribution in [-0.4, -0.2) is 30.9 Å². The number of sulfonamides is 1. The van der Waals surface area contributed by atoms with Crippen molar-refractivity contribution in [3.8, 4) is 5.75 Å². The first-order valence-corrected chi connectivity index (χ1v) is 12.1. The average molecular weight is 441 g/mol. The van der Waals surface area contributed by atoms with Gasteiger partial charge in [0.15, 0.2) is 0 Å². The summed E-state index contributed by atoms with van der Waals surface area (Å²) in [5.74, 6) is 0.601. The van der Waals surface area contributed by atoms with Crippen molar-refractivity contribution in [1.29, 1.82) is 0 Å². The lowest BCUT2D eigenvalue weighted by atomic mass is 9.95. The standard InChI is InChI=1S/C24H28N2O4S/c1-17-8-9-18-15-19(24(27)25-23(18)14-17)16-26(20-6-4-3-5-7-20)31(28,29)22-12-10-21(30-2)11-13-22/h8-15,20H,3-7,16H2,1-2H3,(H,25,27). The maximum Gasteiger partial charge on any atom is 0.252 e. The Hall–Kier alpha value is -2.64. The fourth-order valence-corrected chi connectivity index (χ4v) is 5.97. The number of benzene rings is 2. The van der Waals surface area contributed by atoms with Crippen LogP contribution in [0.3, 0.4) is 0 Å². The lowest BCUT2D eigenvalue weighted by Gasteiger charge is -2.33. The summed E-state index contributed by atoms with van der Waals surface area (Å²) in [6.07, 6.45) is 4.71. The van der Waals surface area contributed by atoms with E-state index < -0.39 is 10.0 Å². The van der Waals surface area contributed by atoms with Crippen molar-refractivity contribution in [2.24, 2.45) is 0 Å². The van der Waals surface area contributed by atoms with E-state index in [1.165, 1.54) is 4.31 Å². The van der Waals surface area contributed by atoms with E-state index in [-0.39, 0.29) is 23.0 Å². The Morgan fingerprint density at radius 1 is 1.03 bits per heavy atom. The summed E-state index contributed by atoms with van der Waals surface area (Å²) in [5.41, 5.74) is 2.03. The van der Waals surface area contributed by atoms with Gasteiger partial charge in [0.05, 0.1) is 12.0 Å². The highest BCUT2D eigenvalue weighted by molar-refractivity contribution is 7.89. The van der Waals surface area contributed by atoms with Crippen molar-refractivity contribution in [3.63, 3.8) is 0 Å². The Bertz CT molecular complexity index is 1230. The van der Waals surface area contributed by atoms with Crippen molar-refractivity contribution in [3.05, 3.63) is 70.0 Å². The van der Waals surface area contributed by atoms with Gasteiger partial charge in [0.25, 0.3) is 5.56 Å². The van der Waals surface area contributed by atoms with Crippen LogP contribution in [0.25, 0.3) is 10.9 Å². The highest BCUT2D eigenvalue weighted by Gasteiger charge is 2.33. The van der Waals surface area contributed by atoms with Crippen LogP contribution >= 0.6 is 0 Å². The van der Waals surface area contributed by atoms with Crippen molar-refractivity contribution in [1.82, 2.24) is 9.29 Å². The molecular weight excluding hydrogens is 412 g/mol. The van der Waals surface area contributed by atoms with E-state index in [1.807, 2.05) is 31.2 Å². The molecule has 0 aliphatic heterocycles. The summed E-state index contributed by atoms with van der Waals surface area (Å²) < 4.78 is 33.9. The number of rotatable bonds is 6. The van der Waals surface area contributed by atoms with Gasteiger partial charge in [-0.15, -0.1) is 0 Å². The molecule has 0 saturated heterocycles. The van der Waals surface area contributed by atoms with Gasteiger partial charge in [0, 0.05) is 23.7 Å². The van der Waals surface area contributed by atoms with E-state index in [2.05, 4.69) is 4.98 Å². The Balaban J connectivity index is 1.74. The average Bonchev–Trinajstić information content (AvgIpc) is 2.78. The number of H-pyrrole nitrogens is 1. The number of aryl methyl sites for hydroxylation is 1. The lowest BCUT2D eigenvalue weighted by Crippen LogP contribution is -2.42. The van der Waals surface area contributed by atoms with Gasteiger partial charge in [0.2, 0.25) is 10.0 Å². The summed E-state index contributed by atoms with van der Waals surface area (Å²) >= 11 is 0. The number of methoxy groups -OCH3 is 1. The van der Waals surface area contributed by atoms with Crippen LogP contribution in [0.2, 0.25) is 0 Å². The second kappa shape index (κ2) is 8.85. The van der Waals surface area contributed by atoms with Crippen molar-refractivity contribution in [2.45, 2.75) is 56.5 Å². The lowest BCUT2D eigenvalue weighted by molar-refractivity contribution is 0.247. The number of aromatic amines is 1. The van der Waals surface area contributed by atoms with Crippen LogP contribution in [0.15, 0.2) is 58.2 Å². The third-order valence-electron chi connectivity index (χ3n) is 6.05. The summed E-state index contributed by atoms with van der Waals surface area (Å²) in [7, 11) is -2.23. The molecule has 4 rings (SSSR count). The van der Waals surface area contributed by atoms with Gasteiger partial charge in [-0.05, 0) is 67.1 Å². The number of pyridine rings is 1. The van der Waals surface area contributed by atoms with Crippen LogP contribution in [0.1, 0.15) is 43.2 Å². The Kier molecular flexibility index (Phi) is 6.16. The number of fused-ring (bicyclic) bond motifs is 1. The number of hydrogen-bond donors (Lipinski definition) is 1. The summed E-state index contributed by atoms with van der Waals surface area (Å²) in [6, 6.07) is 14.0. The zero-order chi connectivity index (χ0) is 22.0. The molecule has 1 heterocycles. The van der Waals surface area contributed by atoms with Crippen molar-refractivity contribution in [2.75, 3.05) is 7.11 Å². The van der Waals surface area contributed by atoms with Gasteiger partial charge < -0.3 is 9.72 Å². The SMILES string of the molecule is COc1ccc(S(=O)(=O)N(Cc2cc3ccc(C)cc3[nH]c2=O)C2CCCCC2)cc1. The number of nitrogens with one attached hydrogen (secondary N) is 1. The van der Waals surface area contributed by atoms with E-state index in [0.29, 0.717) is 11.3 Å². The third kappa shape index (κ3) is 4.52. The maximum atomic E-state index is 13.6. The molecule has 1 aromatic heterocycles. The van der Waals surface area contributed by atoms with Gasteiger partial charge in [-0.3, -0.25) is 4.79 Å². The highest BCUT2D eigenvalue weighted by atomic mass is 32.2. The Morgan fingerprint density at radius 2 is 1.74 bits per heavy atom. The fourth-order valence-electron chi connectivity index (χ4n) is 4.31. The second-order valence-electron chi connectivity index (χ2n) is 8.23. The van der Waals surface area contributed by atoms with E-state index in [0.717, 1.165) is 48.6 Å². The van der Waals surface area contributed by atoms with Gasteiger partial charge >= 0.3 is 0 Å². The van der Waals surface area contributed by atoms with Crippen LogP contribution in [0.4, 0.5) is 0 Å². The normalized spacial score (nSPS) is 15.5. The highest BCUT2D eigenvalue weighted by Crippen LogP contribution is 2.30. The minimum atomic E-state index is -3.78. The van der Waals surface area contributed by atoms with Crippen LogP contribution in [-0.2, 0) is 16.6 Å². The molecular formula is C24H28N2O4S. The number of hydrogen-bond acceptors (Lipinski definition) is 4. The zero-order valence-electron chi connectivity index (χ0n) is 17.9. The summed E-state index contributed by atoms with van der Waals surface area (Å²) in [4.78, 5) is 16.0. The van der Waals surface area contributed by atoms with Gasteiger partial charge in [-0.2, -0.15) is 4.31 Å². The predicted octanol–water partition coefficient (Wildman–Crippen LogP) is 4.37. The maximum absolute atomic E-state index is 13.6. The van der Waals surface area contributed by atoms with E-state index in [4.69, 9.17) is 4.74 Å². The molecule has 0 radical (unpaired) electrons. The molecule has 1 fully saturated rings. The van der Waals surface area contributed by atoms with E-state index in [9.17, 15) is 13.2 Å². The van der Waals surface area contributed by atoms with Gasteiger partial charge in [-0.1, -0.05) is 31.4 Å². The molecule has 31 heavy (non-hydrogen) atoms. The van der Waals surface area contributed by atoms with Gasteiger partial charge in [0.1, 0.15) is 5.75 Å². The molecule has 1 aliphatic carbocycles. The molecule has 2 aromatic carbocycles. The molecule has 0 atom stereocenters. The number of aromatic nitrogens is 1. The first-order chi connectivity index (χ1) is 14.9. The molecule has 0 spiro atoms. The van der Waals surface area contributed by atoms with E-state index >= 15 is 0 Å². The molecule has 0 bridgehead atoms. The zero-order valence-corrected chi connectivity index (χ0v) is 18.7. The molecule has 7 heteroatoms. The predicted molar refractivity (Wildman–Crippen MR) is 122 cm³/mol. The quantitative estimate of drug-likeness (QED) is 0.617. The third-order valence-corrected chi connectivity index (χ3v) is 7.97. The Labute approximate surface area is 182 Å². The minimum Gasteiger partial charge on any atom is -0.497 e. The monoisotopic (exact) mass is 440 g/mol. The second-order valence-corrected chi connectivity index (χ2v) is 10.1. The first-order valence-electron chi connectivity index (χ1n) is 10.7. The largest absolute Gasteiger partial charge is 0.497 e.